The molecular formula is C6H14N2O3. The number of carboxylic acid groups (broad SMARTS) is 1. The molecule has 0 radical (unpaired) electrons. The number of rotatable bonds is 5. The van der Waals surface area contributed by atoms with Gasteiger partial charge in [-0.1, -0.05) is 0 Å². The molecule has 0 spiro atoms. The molecule has 0 heterocycles. The van der Waals surface area contributed by atoms with Gasteiger partial charge in [0, 0.05) is 6.54 Å². The van der Waals surface area contributed by atoms with E-state index in [0.717, 1.165) is 0 Å². The van der Waals surface area contributed by atoms with Crippen molar-refractivity contribution in [3.8, 4) is 0 Å². The largest absolute Gasteiger partial charge is 0.465 e. The van der Waals surface area contributed by atoms with Gasteiger partial charge in [0.25, 0.3) is 0 Å². The Morgan fingerprint density at radius 2 is 2.45 bits per heavy atom. The Labute approximate surface area is 65.5 Å². The van der Waals surface area contributed by atoms with E-state index in [1.165, 1.54) is 0 Å². The fourth-order valence-corrected chi connectivity index (χ4v) is 0.596. The van der Waals surface area contributed by atoms with Crippen LogP contribution in [0.2, 0.25) is 0 Å². The zero-order valence-electron chi connectivity index (χ0n) is 6.54. The van der Waals surface area contributed by atoms with E-state index in [1.807, 2.05) is 0 Å². The quantitative estimate of drug-likeness (QED) is 0.481. The monoisotopic (exact) mass is 162 g/mol. The molecule has 0 rings (SSSR count). The maximum Gasteiger partial charge on any atom is 0.404 e. The minimum absolute atomic E-state index is 0.181. The molecule has 5 nitrogen and oxygen atoms in total. The van der Waals surface area contributed by atoms with Crippen LogP contribution in [-0.2, 0) is 4.74 Å². The highest BCUT2D eigenvalue weighted by atomic mass is 16.5. The molecule has 1 atom stereocenters. The second-order valence-corrected chi connectivity index (χ2v) is 2.21. The van der Waals surface area contributed by atoms with Gasteiger partial charge in [0.15, 0.2) is 0 Å². The summed E-state index contributed by atoms with van der Waals surface area (Å²) in [5, 5.41) is 10.5. The van der Waals surface area contributed by atoms with E-state index in [0.29, 0.717) is 19.8 Å². The van der Waals surface area contributed by atoms with Crippen molar-refractivity contribution in [2.75, 3.05) is 19.8 Å². The lowest BCUT2D eigenvalue weighted by molar-refractivity contribution is 0.118. The lowest BCUT2D eigenvalue weighted by Gasteiger charge is -2.10. The van der Waals surface area contributed by atoms with Gasteiger partial charge >= 0.3 is 6.09 Å². The van der Waals surface area contributed by atoms with E-state index in [2.05, 4.69) is 5.32 Å². The molecule has 0 aliphatic rings. The summed E-state index contributed by atoms with van der Waals surface area (Å²) in [6.07, 6.45) is -1.03. The standard InChI is InChI=1S/C6H14N2O3/c1-5(8-6(9)10)4-11-3-2-7/h5,8H,2-4,7H2,1H3,(H,9,10). The first kappa shape index (κ1) is 10.2. The van der Waals surface area contributed by atoms with E-state index < -0.39 is 6.09 Å². The SMILES string of the molecule is CC(COCCN)NC(=O)O. The number of nitrogens with one attached hydrogen (secondary N) is 1. The van der Waals surface area contributed by atoms with Crippen LogP contribution in [0.25, 0.3) is 0 Å². The first-order valence-electron chi connectivity index (χ1n) is 3.44. The molecule has 0 bridgehead atoms. The minimum Gasteiger partial charge on any atom is -0.465 e. The van der Waals surface area contributed by atoms with Crippen LogP contribution in [0.1, 0.15) is 6.92 Å². The topological polar surface area (TPSA) is 84.6 Å². The molecular weight excluding hydrogens is 148 g/mol. The van der Waals surface area contributed by atoms with E-state index in [4.69, 9.17) is 15.6 Å². The van der Waals surface area contributed by atoms with Crippen LogP contribution in [0.3, 0.4) is 0 Å². The second kappa shape index (κ2) is 5.94. The van der Waals surface area contributed by atoms with Crippen LogP contribution in [0.15, 0.2) is 0 Å². The molecule has 0 aromatic rings. The molecule has 0 saturated carbocycles. The highest BCUT2D eigenvalue weighted by molar-refractivity contribution is 5.64. The number of hydrogen-bond donors (Lipinski definition) is 3. The predicted molar refractivity (Wildman–Crippen MR) is 40.5 cm³/mol. The molecule has 0 fully saturated rings. The van der Waals surface area contributed by atoms with Crippen LogP contribution < -0.4 is 11.1 Å². The number of hydrogen-bond acceptors (Lipinski definition) is 3. The summed E-state index contributed by atoms with van der Waals surface area (Å²) in [7, 11) is 0. The zero-order valence-corrected chi connectivity index (χ0v) is 6.54. The molecule has 11 heavy (non-hydrogen) atoms. The smallest absolute Gasteiger partial charge is 0.404 e. The van der Waals surface area contributed by atoms with Gasteiger partial charge in [0.05, 0.1) is 19.3 Å². The Morgan fingerprint density at radius 1 is 1.82 bits per heavy atom. The van der Waals surface area contributed by atoms with Crippen LogP contribution >= 0.6 is 0 Å². The summed E-state index contributed by atoms with van der Waals surface area (Å²) in [5.74, 6) is 0. The van der Waals surface area contributed by atoms with Crippen LogP contribution in [0.4, 0.5) is 4.79 Å². The van der Waals surface area contributed by atoms with E-state index in [1.54, 1.807) is 6.92 Å². The molecule has 0 aromatic heterocycles. The van der Waals surface area contributed by atoms with Crippen molar-refractivity contribution >= 4 is 6.09 Å². The van der Waals surface area contributed by atoms with Crippen molar-refractivity contribution in [1.29, 1.82) is 0 Å². The summed E-state index contributed by atoms with van der Waals surface area (Å²) in [4.78, 5) is 10.1. The highest BCUT2D eigenvalue weighted by Gasteiger charge is 2.03. The number of carbonyl (C=O) groups is 1. The second-order valence-electron chi connectivity index (χ2n) is 2.21. The van der Waals surface area contributed by atoms with E-state index in [9.17, 15) is 4.79 Å². The van der Waals surface area contributed by atoms with E-state index in [-0.39, 0.29) is 6.04 Å². The third kappa shape index (κ3) is 7.08. The summed E-state index contributed by atoms with van der Waals surface area (Å²) in [5.41, 5.74) is 5.15. The fraction of sp³-hybridized carbons (Fsp3) is 0.833. The lowest BCUT2D eigenvalue weighted by Crippen LogP contribution is -2.35. The molecule has 5 heteroatoms. The Hall–Kier alpha value is -0.810. The molecule has 4 N–H and O–H groups in total. The van der Waals surface area contributed by atoms with Crippen molar-refractivity contribution in [1.82, 2.24) is 5.32 Å². The average Bonchev–Trinajstić information content (AvgIpc) is 1.86. The normalized spacial score (nSPS) is 12.5. The van der Waals surface area contributed by atoms with Gasteiger partial charge in [-0.2, -0.15) is 0 Å². The third-order valence-electron chi connectivity index (χ3n) is 1.000. The minimum atomic E-state index is -1.03. The van der Waals surface area contributed by atoms with Gasteiger partial charge in [-0.05, 0) is 6.92 Å². The van der Waals surface area contributed by atoms with Gasteiger partial charge in [-0.3, -0.25) is 0 Å². The molecule has 66 valence electrons. The van der Waals surface area contributed by atoms with Gasteiger partial charge in [0.1, 0.15) is 0 Å². The van der Waals surface area contributed by atoms with Crippen LogP contribution in [0, 0.1) is 0 Å². The van der Waals surface area contributed by atoms with Crippen molar-refractivity contribution < 1.29 is 14.6 Å². The maximum atomic E-state index is 10.1. The molecule has 0 aliphatic carbocycles. The molecule has 0 saturated heterocycles. The average molecular weight is 162 g/mol. The van der Waals surface area contributed by atoms with E-state index >= 15 is 0 Å². The molecule has 1 amide bonds. The predicted octanol–water partition coefficient (Wildman–Crippen LogP) is -0.382. The summed E-state index contributed by atoms with van der Waals surface area (Å²) < 4.78 is 4.99. The molecule has 0 aliphatic heterocycles. The van der Waals surface area contributed by atoms with Crippen molar-refractivity contribution in [2.24, 2.45) is 5.73 Å². The van der Waals surface area contributed by atoms with Crippen molar-refractivity contribution in [3.63, 3.8) is 0 Å². The third-order valence-corrected chi connectivity index (χ3v) is 1.000. The Bertz CT molecular complexity index is 118. The van der Waals surface area contributed by atoms with Crippen molar-refractivity contribution in [2.45, 2.75) is 13.0 Å². The summed E-state index contributed by atoms with van der Waals surface area (Å²) in [6.45, 7) is 3.01. The number of amides is 1. The van der Waals surface area contributed by atoms with Gasteiger partial charge in [-0.15, -0.1) is 0 Å². The molecule has 1 unspecified atom stereocenters. The Kier molecular flexibility index (Phi) is 5.50. The first-order chi connectivity index (χ1) is 5.16. The highest BCUT2D eigenvalue weighted by Crippen LogP contribution is 1.82. The Morgan fingerprint density at radius 3 is 2.91 bits per heavy atom. The summed E-state index contributed by atoms with van der Waals surface area (Å²) >= 11 is 0. The maximum absolute atomic E-state index is 10.1. The first-order valence-corrected chi connectivity index (χ1v) is 3.44. The van der Waals surface area contributed by atoms with Crippen LogP contribution in [0.5, 0.6) is 0 Å². The number of ether oxygens (including phenoxy) is 1. The zero-order chi connectivity index (χ0) is 8.69. The van der Waals surface area contributed by atoms with Gasteiger partial charge in [0.2, 0.25) is 0 Å². The van der Waals surface area contributed by atoms with Crippen LogP contribution in [-0.4, -0.2) is 37.0 Å². The molecule has 0 aromatic carbocycles. The summed E-state index contributed by atoms with van der Waals surface area (Å²) in [6, 6.07) is -0.181. The Balaban J connectivity index is 3.22. The van der Waals surface area contributed by atoms with Crippen molar-refractivity contribution in [3.05, 3.63) is 0 Å². The van der Waals surface area contributed by atoms with Gasteiger partial charge < -0.3 is 20.9 Å². The lowest BCUT2D eigenvalue weighted by atomic mass is 10.4. The van der Waals surface area contributed by atoms with Gasteiger partial charge in [-0.25, -0.2) is 4.79 Å². The fourth-order valence-electron chi connectivity index (χ4n) is 0.596. The number of nitrogens with two attached hydrogens (primary N) is 1.